The SMILES string of the molecule is CCNC(=NCc1cccc(C(F)(F)F)c1)NCC(Cc1ccc(F)cc1)C(N)=O. The lowest BCUT2D eigenvalue weighted by Gasteiger charge is -2.17. The summed E-state index contributed by atoms with van der Waals surface area (Å²) in [5.74, 6) is -1.13. The van der Waals surface area contributed by atoms with Crippen LogP contribution in [0.5, 0.6) is 0 Å². The van der Waals surface area contributed by atoms with Gasteiger partial charge in [0.2, 0.25) is 5.91 Å². The number of carbonyl (C=O) groups excluding carboxylic acids is 1. The van der Waals surface area contributed by atoms with Gasteiger partial charge in [-0.05, 0) is 48.7 Å². The highest BCUT2D eigenvalue weighted by Crippen LogP contribution is 2.29. The van der Waals surface area contributed by atoms with Crippen LogP contribution < -0.4 is 16.4 Å². The summed E-state index contributed by atoms with van der Waals surface area (Å²) in [6, 6.07) is 10.7. The molecular formula is C21H24F4N4O. The van der Waals surface area contributed by atoms with E-state index in [0.717, 1.165) is 17.7 Å². The first-order valence-electron chi connectivity index (χ1n) is 9.41. The second-order valence-corrected chi connectivity index (χ2v) is 6.70. The maximum atomic E-state index is 13.0. The molecule has 2 rings (SSSR count). The van der Waals surface area contributed by atoms with Crippen LogP contribution in [0.25, 0.3) is 0 Å². The summed E-state index contributed by atoms with van der Waals surface area (Å²) in [4.78, 5) is 16.1. The summed E-state index contributed by atoms with van der Waals surface area (Å²) in [6.07, 6.45) is -4.10. The van der Waals surface area contributed by atoms with E-state index in [1.165, 1.54) is 18.2 Å². The van der Waals surface area contributed by atoms with E-state index in [2.05, 4.69) is 15.6 Å². The smallest absolute Gasteiger partial charge is 0.369 e. The molecule has 1 atom stereocenters. The molecule has 0 fully saturated rings. The first kappa shape index (κ1) is 23.2. The predicted octanol–water partition coefficient (Wildman–Crippen LogP) is 3.24. The van der Waals surface area contributed by atoms with Crippen LogP contribution in [-0.2, 0) is 23.9 Å². The van der Waals surface area contributed by atoms with E-state index in [9.17, 15) is 22.4 Å². The lowest BCUT2D eigenvalue weighted by atomic mass is 9.98. The highest BCUT2D eigenvalue weighted by molar-refractivity contribution is 5.81. The fourth-order valence-electron chi connectivity index (χ4n) is 2.76. The van der Waals surface area contributed by atoms with E-state index in [1.54, 1.807) is 18.2 Å². The van der Waals surface area contributed by atoms with Gasteiger partial charge in [-0.15, -0.1) is 0 Å². The lowest BCUT2D eigenvalue weighted by molar-refractivity contribution is -0.137. The number of benzene rings is 2. The molecule has 0 aliphatic heterocycles. The molecule has 0 bridgehead atoms. The molecule has 0 radical (unpaired) electrons. The highest BCUT2D eigenvalue weighted by Gasteiger charge is 2.30. The summed E-state index contributed by atoms with van der Waals surface area (Å²) in [6.45, 7) is 2.55. The molecule has 162 valence electrons. The lowest BCUT2D eigenvalue weighted by Crippen LogP contribution is -2.43. The van der Waals surface area contributed by atoms with Crippen LogP contribution in [-0.4, -0.2) is 25.0 Å². The Balaban J connectivity index is 2.04. The number of nitrogens with zero attached hydrogens (tertiary/aromatic N) is 1. The molecule has 0 saturated carbocycles. The average molecular weight is 424 g/mol. The molecule has 9 heteroatoms. The highest BCUT2D eigenvalue weighted by atomic mass is 19.4. The van der Waals surface area contributed by atoms with Crippen molar-refractivity contribution in [1.82, 2.24) is 10.6 Å². The Kier molecular flexibility index (Phi) is 8.20. The Morgan fingerprint density at radius 2 is 1.80 bits per heavy atom. The predicted molar refractivity (Wildman–Crippen MR) is 107 cm³/mol. The summed E-state index contributed by atoms with van der Waals surface area (Å²) in [5.41, 5.74) is 5.90. The van der Waals surface area contributed by atoms with E-state index in [0.29, 0.717) is 24.5 Å². The van der Waals surface area contributed by atoms with Gasteiger partial charge >= 0.3 is 6.18 Å². The number of guanidine groups is 1. The maximum absolute atomic E-state index is 13.0. The van der Waals surface area contributed by atoms with Gasteiger partial charge in [-0.1, -0.05) is 24.3 Å². The Morgan fingerprint density at radius 1 is 1.10 bits per heavy atom. The first-order chi connectivity index (χ1) is 14.2. The van der Waals surface area contributed by atoms with E-state index < -0.39 is 23.6 Å². The molecule has 0 heterocycles. The first-order valence-corrected chi connectivity index (χ1v) is 9.41. The molecule has 0 aliphatic carbocycles. The topological polar surface area (TPSA) is 79.5 Å². The molecule has 2 aromatic carbocycles. The van der Waals surface area contributed by atoms with Gasteiger partial charge in [0.25, 0.3) is 0 Å². The van der Waals surface area contributed by atoms with Crippen molar-refractivity contribution >= 4 is 11.9 Å². The number of nitrogens with two attached hydrogens (primary N) is 1. The van der Waals surface area contributed by atoms with Crippen LogP contribution in [0.2, 0.25) is 0 Å². The number of hydrogen-bond donors (Lipinski definition) is 3. The molecule has 1 unspecified atom stereocenters. The van der Waals surface area contributed by atoms with Crippen molar-refractivity contribution in [3.8, 4) is 0 Å². The van der Waals surface area contributed by atoms with Crippen molar-refractivity contribution in [3.05, 3.63) is 71.0 Å². The third-order valence-corrected chi connectivity index (χ3v) is 4.33. The van der Waals surface area contributed by atoms with Gasteiger partial charge in [0.15, 0.2) is 5.96 Å². The number of primary amides is 1. The molecule has 0 saturated heterocycles. The van der Waals surface area contributed by atoms with E-state index in [1.807, 2.05) is 6.92 Å². The molecular weight excluding hydrogens is 400 g/mol. The second-order valence-electron chi connectivity index (χ2n) is 6.70. The quantitative estimate of drug-likeness (QED) is 0.346. The zero-order chi connectivity index (χ0) is 22.1. The Labute approximate surface area is 172 Å². The van der Waals surface area contributed by atoms with Crippen molar-refractivity contribution in [2.75, 3.05) is 13.1 Å². The maximum Gasteiger partial charge on any atom is 0.416 e. The van der Waals surface area contributed by atoms with Gasteiger partial charge in [0.05, 0.1) is 18.0 Å². The molecule has 0 aliphatic rings. The number of hydrogen-bond acceptors (Lipinski definition) is 2. The Bertz CT molecular complexity index is 866. The van der Waals surface area contributed by atoms with Crippen molar-refractivity contribution in [3.63, 3.8) is 0 Å². The summed E-state index contributed by atoms with van der Waals surface area (Å²) in [7, 11) is 0. The van der Waals surface area contributed by atoms with Crippen molar-refractivity contribution in [1.29, 1.82) is 0 Å². The van der Waals surface area contributed by atoms with Crippen LogP contribution in [0, 0.1) is 11.7 Å². The van der Waals surface area contributed by atoms with Crippen LogP contribution >= 0.6 is 0 Å². The Hall–Kier alpha value is -3.10. The number of carbonyl (C=O) groups is 1. The molecule has 2 aromatic rings. The molecule has 1 amide bonds. The molecule has 0 spiro atoms. The van der Waals surface area contributed by atoms with Crippen molar-refractivity contribution in [2.45, 2.75) is 26.1 Å². The largest absolute Gasteiger partial charge is 0.416 e. The minimum atomic E-state index is -4.42. The van der Waals surface area contributed by atoms with Crippen LogP contribution in [0.3, 0.4) is 0 Å². The number of halogens is 4. The minimum absolute atomic E-state index is 0.0262. The third-order valence-electron chi connectivity index (χ3n) is 4.33. The molecule has 0 aromatic heterocycles. The van der Waals surface area contributed by atoms with Crippen LogP contribution in [0.15, 0.2) is 53.5 Å². The van der Waals surface area contributed by atoms with Crippen molar-refractivity contribution < 1.29 is 22.4 Å². The van der Waals surface area contributed by atoms with E-state index >= 15 is 0 Å². The zero-order valence-electron chi connectivity index (χ0n) is 16.5. The third kappa shape index (κ3) is 7.38. The Morgan fingerprint density at radius 3 is 2.40 bits per heavy atom. The standard InChI is InChI=1S/C21H24F4N4O/c1-2-27-20(28-12-15-4-3-5-17(11-15)21(23,24)25)29-13-16(19(26)30)10-14-6-8-18(22)9-7-14/h3-9,11,16H,2,10,12-13H2,1H3,(H2,26,30)(H2,27,28,29). The van der Waals surface area contributed by atoms with Gasteiger partial charge in [-0.2, -0.15) is 13.2 Å². The summed E-state index contributed by atoms with van der Waals surface area (Å²) in [5, 5.41) is 5.97. The number of aliphatic imine (C=N–C) groups is 1. The zero-order valence-corrected chi connectivity index (χ0v) is 16.5. The average Bonchev–Trinajstić information content (AvgIpc) is 2.69. The van der Waals surface area contributed by atoms with Crippen LogP contribution in [0.1, 0.15) is 23.6 Å². The summed E-state index contributed by atoms with van der Waals surface area (Å²) < 4.78 is 51.6. The number of alkyl halides is 3. The number of nitrogens with one attached hydrogen (secondary N) is 2. The van der Waals surface area contributed by atoms with E-state index in [-0.39, 0.29) is 18.9 Å². The fourth-order valence-corrected chi connectivity index (χ4v) is 2.76. The van der Waals surface area contributed by atoms with Crippen molar-refractivity contribution in [2.24, 2.45) is 16.6 Å². The number of rotatable bonds is 8. The normalized spacial score (nSPS) is 13.0. The van der Waals surface area contributed by atoms with Gasteiger partial charge in [0.1, 0.15) is 5.82 Å². The van der Waals surface area contributed by atoms with Crippen LogP contribution in [0.4, 0.5) is 17.6 Å². The molecule has 5 nitrogen and oxygen atoms in total. The fraction of sp³-hybridized carbons (Fsp3) is 0.333. The molecule has 30 heavy (non-hydrogen) atoms. The number of amides is 1. The van der Waals surface area contributed by atoms with Gasteiger partial charge < -0.3 is 16.4 Å². The van der Waals surface area contributed by atoms with Gasteiger partial charge in [-0.3, -0.25) is 4.79 Å². The van der Waals surface area contributed by atoms with Gasteiger partial charge in [0, 0.05) is 13.1 Å². The second kappa shape index (κ2) is 10.6. The molecule has 4 N–H and O–H groups in total. The minimum Gasteiger partial charge on any atom is -0.369 e. The van der Waals surface area contributed by atoms with Gasteiger partial charge in [-0.25, -0.2) is 9.38 Å². The monoisotopic (exact) mass is 424 g/mol. The summed E-state index contributed by atoms with van der Waals surface area (Å²) >= 11 is 0. The van der Waals surface area contributed by atoms with E-state index in [4.69, 9.17) is 5.73 Å².